The van der Waals surface area contributed by atoms with Gasteiger partial charge in [0.05, 0.1) is 11.9 Å². The van der Waals surface area contributed by atoms with Crippen LogP contribution in [0.5, 0.6) is 0 Å². The van der Waals surface area contributed by atoms with Gasteiger partial charge in [0.1, 0.15) is 0 Å². The molecule has 0 fully saturated rings. The van der Waals surface area contributed by atoms with E-state index in [2.05, 4.69) is 19.9 Å². The lowest BCUT2D eigenvalue weighted by molar-refractivity contribution is 0.466. The number of nitrogens with zero attached hydrogens (tertiary/aromatic N) is 3. The summed E-state index contributed by atoms with van der Waals surface area (Å²) in [4.78, 5) is 4.23. The molecule has 0 atom stereocenters. The molecule has 0 bridgehead atoms. The normalized spacial score (nSPS) is 11.4. The zero-order chi connectivity index (χ0) is 17.0. The van der Waals surface area contributed by atoms with Crippen molar-refractivity contribution in [2.75, 3.05) is 11.0 Å². The standard InChI is InChI=1S/C15H14N4O3S2/c1-24(20,21)19-12-7-5-11(6-8-12)14-17-18-15(22-14)23-10-13-4-2-3-9-16-13/h2-9,19H,10H2,1H3. The predicted octanol–water partition coefficient (Wildman–Crippen LogP) is 2.80. The lowest BCUT2D eigenvalue weighted by atomic mass is 10.2. The second kappa shape index (κ2) is 7.02. The molecule has 0 aliphatic carbocycles. The summed E-state index contributed by atoms with van der Waals surface area (Å²) in [6, 6.07) is 12.4. The highest BCUT2D eigenvalue weighted by atomic mass is 32.2. The first-order valence-electron chi connectivity index (χ1n) is 6.94. The largest absolute Gasteiger partial charge is 0.411 e. The fourth-order valence-corrected chi connectivity index (χ4v) is 3.14. The molecule has 3 aromatic rings. The highest BCUT2D eigenvalue weighted by Gasteiger charge is 2.10. The molecule has 0 spiro atoms. The monoisotopic (exact) mass is 362 g/mol. The Kier molecular flexibility index (Phi) is 4.81. The Morgan fingerprint density at radius 2 is 1.92 bits per heavy atom. The van der Waals surface area contributed by atoms with Gasteiger partial charge in [-0.3, -0.25) is 9.71 Å². The van der Waals surface area contributed by atoms with Gasteiger partial charge in [0, 0.05) is 23.2 Å². The van der Waals surface area contributed by atoms with Crippen molar-refractivity contribution >= 4 is 27.5 Å². The van der Waals surface area contributed by atoms with Gasteiger partial charge in [-0.05, 0) is 36.4 Å². The van der Waals surface area contributed by atoms with E-state index in [9.17, 15) is 8.42 Å². The summed E-state index contributed by atoms with van der Waals surface area (Å²) in [5.74, 6) is 1.02. The van der Waals surface area contributed by atoms with Crippen LogP contribution in [0.25, 0.3) is 11.5 Å². The minimum atomic E-state index is -3.29. The number of hydrogen-bond donors (Lipinski definition) is 1. The quantitative estimate of drug-likeness (QED) is 0.673. The van der Waals surface area contributed by atoms with E-state index in [1.54, 1.807) is 30.5 Å². The maximum atomic E-state index is 11.2. The van der Waals surface area contributed by atoms with E-state index < -0.39 is 10.0 Å². The number of pyridine rings is 1. The Bertz CT molecular complexity index is 909. The number of thioether (sulfide) groups is 1. The molecule has 0 saturated heterocycles. The summed E-state index contributed by atoms with van der Waals surface area (Å²) in [6.45, 7) is 0. The highest BCUT2D eigenvalue weighted by molar-refractivity contribution is 7.98. The number of nitrogens with one attached hydrogen (secondary N) is 1. The van der Waals surface area contributed by atoms with Gasteiger partial charge in [-0.2, -0.15) is 0 Å². The minimum Gasteiger partial charge on any atom is -0.411 e. The average Bonchev–Trinajstić information content (AvgIpc) is 3.02. The summed E-state index contributed by atoms with van der Waals surface area (Å²) in [7, 11) is -3.29. The first kappa shape index (κ1) is 16.5. The molecule has 2 heterocycles. The van der Waals surface area contributed by atoms with E-state index in [1.165, 1.54) is 11.8 Å². The fourth-order valence-electron chi connectivity index (χ4n) is 1.90. The first-order chi connectivity index (χ1) is 11.5. The van der Waals surface area contributed by atoms with E-state index in [-0.39, 0.29) is 0 Å². The minimum absolute atomic E-state index is 0.379. The molecular weight excluding hydrogens is 348 g/mol. The SMILES string of the molecule is CS(=O)(=O)Nc1ccc(-c2nnc(SCc3ccccn3)o2)cc1. The summed E-state index contributed by atoms with van der Waals surface area (Å²) < 4.78 is 30.4. The van der Waals surface area contributed by atoms with Gasteiger partial charge in [-0.25, -0.2) is 8.42 Å². The summed E-state index contributed by atoms with van der Waals surface area (Å²) >= 11 is 1.41. The molecule has 0 unspecified atom stereocenters. The second-order valence-electron chi connectivity index (χ2n) is 4.93. The van der Waals surface area contributed by atoms with Crippen molar-refractivity contribution in [1.29, 1.82) is 0 Å². The van der Waals surface area contributed by atoms with Crippen molar-refractivity contribution in [2.45, 2.75) is 11.0 Å². The molecule has 0 amide bonds. The highest BCUT2D eigenvalue weighted by Crippen LogP contribution is 2.26. The molecular formula is C15H14N4O3S2. The molecule has 2 aromatic heterocycles. The predicted molar refractivity (Wildman–Crippen MR) is 92.0 cm³/mol. The molecule has 3 rings (SSSR count). The number of sulfonamides is 1. The summed E-state index contributed by atoms with van der Waals surface area (Å²) in [6.07, 6.45) is 2.84. The molecule has 0 radical (unpaired) electrons. The molecule has 124 valence electrons. The molecule has 1 N–H and O–H groups in total. The van der Waals surface area contributed by atoms with E-state index >= 15 is 0 Å². The van der Waals surface area contributed by atoms with Gasteiger partial charge < -0.3 is 4.42 Å². The van der Waals surface area contributed by atoms with Crippen molar-refractivity contribution < 1.29 is 12.8 Å². The van der Waals surface area contributed by atoms with E-state index in [1.807, 2.05) is 18.2 Å². The van der Waals surface area contributed by atoms with E-state index in [0.29, 0.717) is 28.1 Å². The third-order valence-corrected chi connectivity index (χ3v) is 4.37. The lowest BCUT2D eigenvalue weighted by Gasteiger charge is -2.03. The smallest absolute Gasteiger partial charge is 0.277 e. The number of anilines is 1. The number of rotatable bonds is 6. The molecule has 0 saturated carbocycles. The average molecular weight is 362 g/mol. The van der Waals surface area contributed by atoms with Gasteiger partial charge in [0.15, 0.2) is 0 Å². The Labute approximate surface area is 143 Å². The Hall–Kier alpha value is -2.39. The van der Waals surface area contributed by atoms with Crippen LogP contribution in [0.4, 0.5) is 5.69 Å². The zero-order valence-electron chi connectivity index (χ0n) is 12.7. The third kappa shape index (κ3) is 4.56. The Balaban J connectivity index is 1.66. The van der Waals surface area contributed by atoms with Crippen LogP contribution in [0.1, 0.15) is 5.69 Å². The zero-order valence-corrected chi connectivity index (χ0v) is 14.3. The Morgan fingerprint density at radius 3 is 2.58 bits per heavy atom. The van der Waals surface area contributed by atoms with Crippen molar-refractivity contribution in [1.82, 2.24) is 15.2 Å². The van der Waals surface area contributed by atoms with Crippen molar-refractivity contribution in [2.24, 2.45) is 0 Å². The van der Waals surface area contributed by atoms with Crippen LogP contribution < -0.4 is 4.72 Å². The molecule has 1 aromatic carbocycles. The van der Waals surface area contributed by atoms with Gasteiger partial charge in [0.2, 0.25) is 15.9 Å². The van der Waals surface area contributed by atoms with E-state index in [4.69, 9.17) is 4.42 Å². The van der Waals surface area contributed by atoms with Gasteiger partial charge in [0.25, 0.3) is 5.22 Å². The number of aromatic nitrogens is 3. The Morgan fingerprint density at radius 1 is 1.12 bits per heavy atom. The van der Waals surface area contributed by atoms with Gasteiger partial charge in [-0.15, -0.1) is 10.2 Å². The van der Waals surface area contributed by atoms with Crippen LogP contribution in [-0.4, -0.2) is 29.9 Å². The lowest BCUT2D eigenvalue weighted by Crippen LogP contribution is -2.09. The number of benzene rings is 1. The fraction of sp³-hybridized carbons (Fsp3) is 0.133. The van der Waals surface area contributed by atoms with E-state index in [0.717, 1.165) is 11.9 Å². The van der Waals surface area contributed by atoms with Gasteiger partial charge >= 0.3 is 0 Å². The summed E-state index contributed by atoms with van der Waals surface area (Å²) in [5, 5.41) is 8.46. The molecule has 7 nitrogen and oxygen atoms in total. The second-order valence-corrected chi connectivity index (χ2v) is 7.61. The van der Waals surface area contributed by atoms with Crippen LogP contribution in [0.2, 0.25) is 0 Å². The summed E-state index contributed by atoms with van der Waals surface area (Å²) in [5.41, 5.74) is 2.12. The first-order valence-corrected chi connectivity index (χ1v) is 9.82. The maximum absolute atomic E-state index is 11.2. The number of hydrogen-bond acceptors (Lipinski definition) is 7. The van der Waals surface area contributed by atoms with Gasteiger partial charge in [-0.1, -0.05) is 17.8 Å². The molecule has 0 aliphatic heterocycles. The van der Waals surface area contributed by atoms with Crippen LogP contribution in [0.3, 0.4) is 0 Å². The van der Waals surface area contributed by atoms with Crippen molar-refractivity contribution in [3.8, 4) is 11.5 Å². The van der Waals surface area contributed by atoms with Crippen LogP contribution in [-0.2, 0) is 15.8 Å². The molecule has 0 aliphatic rings. The molecule has 24 heavy (non-hydrogen) atoms. The van der Waals surface area contributed by atoms with Crippen molar-refractivity contribution in [3.05, 3.63) is 54.4 Å². The maximum Gasteiger partial charge on any atom is 0.277 e. The third-order valence-electron chi connectivity index (χ3n) is 2.91. The van der Waals surface area contributed by atoms with Crippen LogP contribution in [0.15, 0.2) is 58.3 Å². The topological polar surface area (TPSA) is 98.0 Å². The molecule has 9 heteroatoms. The van der Waals surface area contributed by atoms with Crippen molar-refractivity contribution in [3.63, 3.8) is 0 Å². The van der Waals surface area contributed by atoms with Crippen LogP contribution >= 0.6 is 11.8 Å². The van der Waals surface area contributed by atoms with Crippen LogP contribution in [0, 0.1) is 0 Å².